The summed E-state index contributed by atoms with van der Waals surface area (Å²) in [5.41, 5.74) is 0. The van der Waals surface area contributed by atoms with E-state index in [0.717, 1.165) is 10.8 Å². The fourth-order valence-corrected chi connectivity index (χ4v) is 2.91. The Balaban J connectivity index is 1.89. The molecule has 0 amide bonds. The molecule has 1 saturated carbocycles. The molecule has 0 unspecified atom stereocenters. The smallest absolute Gasteiger partial charge is 0.243 e. The third kappa shape index (κ3) is 4.46. The third-order valence-electron chi connectivity index (χ3n) is 3.23. The number of rotatable bonds is 8. The van der Waals surface area contributed by atoms with Crippen LogP contribution in [0.2, 0.25) is 0 Å². The molecule has 1 aliphatic rings. The van der Waals surface area contributed by atoms with Crippen LogP contribution in [0.15, 0.2) is 29.2 Å². The molecular formula is C15H20N2O3S. The predicted molar refractivity (Wildman–Crippen MR) is 81.6 cm³/mol. The molecule has 0 spiro atoms. The van der Waals surface area contributed by atoms with Crippen LogP contribution in [0.5, 0.6) is 5.75 Å². The zero-order chi connectivity index (χ0) is 15.3. The van der Waals surface area contributed by atoms with Gasteiger partial charge in [0.2, 0.25) is 10.0 Å². The van der Waals surface area contributed by atoms with Crippen LogP contribution in [0.3, 0.4) is 0 Å². The zero-order valence-corrected chi connectivity index (χ0v) is 12.9. The summed E-state index contributed by atoms with van der Waals surface area (Å²) in [6.45, 7) is 1.42. The van der Waals surface area contributed by atoms with E-state index >= 15 is 0 Å². The van der Waals surface area contributed by atoms with Gasteiger partial charge in [0.05, 0.1) is 11.4 Å². The first-order valence-corrected chi connectivity index (χ1v) is 8.34. The molecule has 1 aromatic carbocycles. The molecule has 1 aromatic rings. The Labute approximate surface area is 126 Å². The number of sulfonamides is 1. The lowest BCUT2D eigenvalue weighted by atomic mass is 10.3. The Morgan fingerprint density at radius 2 is 2.05 bits per heavy atom. The normalized spacial score (nSPS) is 14.9. The number of benzene rings is 1. The van der Waals surface area contributed by atoms with Crippen molar-refractivity contribution in [2.45, 2.75) is 23.8 Å². The van der Waals surface area contributed by atoms with Crippen LogP contribution in [0.1, 0.15) is 12.8 Å². The maximum Gasteiger partial charge on any atom is 0.243 e. The van der Waals surface area contributed by atoms with Crippen LogP contribution < -0.4 is 10.1 Å². The molecule has 5 nitrogen and oxygen atoms in total. The summed E-state index contributed by atoms with van der Waals surface area (Å²) in [6, 6.07) is 7.05. The standard InChI is InChI=1S/C15H20N2O3S/c1-3-11-17(2)21(18,19)15-8-6-14(7-9-15)20-12-10-16-13-4-5-13/h1,6-9,13,16H,4-5,10-12H2,2H3. The minimum absolute atomic E-state index is 0.0490. The third-order valence-corrected chi connectivity index (χ3v) is 5.04. The molecule has 1 fully saturated rings. The summed E-state index contributed by atoms with van der Waals surface area (Å²) in [7, 11) is -2.06. The molecule has 0 saturated heterocycles. The summed E-state index contributed by atoms with van der Waals surface area (Å²) < 4.78 is 31.0. The van der Waals surface area contributed by atoms with Gasteiger partial charge in [-0.3, -0.25) is 0 Å². The Morgan fingerprint density at radius 1 is 1.38 bits per heavy atom. The summed E-state index contributed by atoms with van der Waals surface area (Å²) in [4.78, 5) is 0.212. The minimum atomic E-state index is -3.52. The van der Waals surface area contributed by atoms with Gasteiger partial charge in [0, 0.05) is 19.6 Å². The van der Waals surface area contributed by atoms with Gasteiger partial charge in [-0.2, -0.15) is 4.31 Å². The van der Waals surface area contributed by atoms with Crippen LogP contribution in [-0.2, 0) is 10.0 Å². The van der Waals surface area contributed by atoms with Crippen LogP contribution in [-0.4, -0.2) is 45.5 Å². The van der Waals surface area contributed by atoms with E-state index in [-0.39, 0.29) is 11.4 Å². The van der Waals surface area contributed by atoms with E-state index in [1.165, 1.54) is 32.0 Å². The van der Waals surface area contributed by atoms with Crippen LogP contribution in [0, 0.1) is 12.3 Å². The molecule has 0 aromatic heterocycles. The second kappa shape index (κ2) is 6.94. The number of nitrogens with zero attached hydrogens (tertiary/aromatic N) is 1. The molecule has 6 heteroatoms. The molecular weight excluding hydrogens is 288 g/mol. The van der Waals surface area contributed by atoms with Gasteiger partial charge >= 0.3 is 0 Å². The predicted octanol–water partition coefficient (Wildman–Crippen LogP) is 1.07. The lowest BCUT2D eigenvalue weighted by Gasteiger charge is -2.14. The van der Waals surface area contributed by atoms with Gasteiger partial charge in [0.15, 0.2) is 0 Å². The quantitative estimate of drug-likeness (QED) is 0.576. The fourth-order valence-electron chi connectivity index (χ4n) is 1.82. The van der Waals surface area contributed by atoms with Gasteiger partial charge in [0.25, 0.3) is 0 Å². The highest BCUT2D eigenvalue weighted by Gasteiger charge is 2.20. The maximum atomic E-state index is 12.2. The number of ether oxygens (including phenoxy) is 1. The number of hydrogen-bond donors (Lipinski definition) is 1. The molecule has 0 bridgehead atoms. The van der Waals surface area contributed by atoms with Gasteiger partial charge in [-0.1, -0.05) is 5.92 Å². The Morgan fingerprint density at radius 3 is 2.62 bits per heavy atom. The largest absolute Gasteiger partial charge is 0.492 e. The van der Waals surface area contributed by atoms with E-state index in [0.29, 0.717) is 18.4 Å². The monoisotopic (exact) mass is 308 g/mol. The highest BCUT2D eigenvalue weighted by Crippen LogP contribution is 2.19. The zero-order valence-electron chi connectivity index (χ0n) is 12.1. The average Bonchev–Trinajstić information content (AvgIpc) is 3.28. The average molecular weight is 308 g/mol. The lowest BCUT2D eigenvalue weighted by molar-refractivity contribution is 0.313. The van der Waals surface area contributed by atoms with Crippen LogP contribution >= 0.6 is 0 Å². The molecule has 0 aliphatic heterocycles. The van der Waals surface area contributed by atoms with Crippen molar-refractivity contribution in [2.24, 2.45) is 0 Å². The molecule has 0 atom stereocenters. The first kappa shape index (κ1) is 15.8. The number of hydrogen-bond acceptors (Lipinski definition) is 4. The Kier molecular flexibility index (Phi) is 5.23. The summed E-state index contributed by atoms with van der Waals surface area (Å²) in [5.74, 6) is 2.98. The Bertz CT molecular complexity index is 601. The molecule has 21 heavy (non-hydrogen) atoms. The van der Waals surface area contributed by atoms with Crippen molar-refractivity contribution in [3.05, 3.63) is 24.3 Å². The van der Waals surface area contributed by atoms with E-state index in [1.807, 2.05) is 0 Å². The molecule has 2 rings (SSSR count). The van der Waals surface area contributed by atoms with Gasteiger partial charge < -0.3 is 10.1 Å². The van der Waals surface area contributed by atoms with Gasteiger partial charge in [-0.15, -0.1) is 6.42 Å². The van der Waals surface area contributed by atoms with E-state index < -0.39 is 10.0 Å². The molecule has 0 radical (unpaired) electrons. The second-order valence-corrected chi connectivity index (χ2v) is 7.06. The lowest BCUT2D eigenvalue weighted by Crippen LogP contribution is -2.27. The topological polar surface area (TPSA) is 58.6 Å². The molecule has 0 heterocycles. The van der Waals surface area contributed by atoms with Crippen molar-refractivity contribution in [1.29, 1.82) is 0 Å². The van der Waals surface area contributed by atoms with Crippen molar-refractivity contribution >= 4 is 10.0 Å². The van der Waals surface area contributed by atoms with Crippen molar-refractivity contribution in [2.75, 3.05) is 26.7 Å². The second-order valence-electron chi connectivity index (χ2n) is 5.01. The van der Waals surface area contributed by atoms with Crippen molar-refractivity contribution in [3.8, 4) is 18.1 Å². The first-order chi connectivity index (χ1) is 10.0. The first-order valence-electron chi connectivity index (χ1n) is 6.90. The molecule has 114 valence electrons. The van der Waals surface area contributed by atoms with Crippen molar-refractivity contribution < 1.29 is 13.2 Å². The van der Waals surface area contributed by atoms with Crippen LogP contribution in [0.4, 0.5) is 0 Å². The van der Waals surface area contributed by atoms with Gasteiger partial charge in [-0.25, -0.2) is 8.42 Å². The number of terminal acetylenes is 1. The Hall–Kier alpha value is -1.55. The maximum absolute atomic E-state index is 12.2. The van der Waals surface area contributed by atoms with Crippen molar-refractivity contribution in [1.82, 2.24) is 9.62 Å². The highest BCUT2D eigenvalue weighted by atomic mass is 32.2. The summed E-state index contributed by atoms with van der Waals surface area (Å²) in [6.07, 6.45) is 7.64. The molecule has 1 N–H and O–H groups in total. The van der Waals surface area contributed by atoms with E-state index in [4.69, 9.17) is 11.2 Å². The van der Waals surface area contributed by atoms with Crippen LogP contribution in [0.25, 0.3) is 0 Å². The molecule has 1 aliphatic carbocycles. The van der Waals surface area contributed by atoms with E-state index in [9.17, 15) is 8.42 Å². The summed E-state index contributed by atoms with van der Waals surface area (Å²) in [5, 5.41) is 3.35. The van der Waals surface area contributed by atoms with Gasteiger partial charge in [-0.05, 0) is 37.1 Å². The number of nitrogens with one attached hydrogen (secondary N) is 1. The highest BCUT2D eigenvalue weighted by molar-refractivity contribution is 7.89. The fraction of sp³-hybridized carbons (Fsp3) is 0.467. The van der Waals surface area contributed by atoms with Crippen molar-refractivity contribution in [3.63, 3.8) is 0 Å². The van der Waals surface area contributed by atoms with Gasteiger partial charge in [0.1, 0.15) is 12.4 Å². The SMILES string of the molecule is C#CCN(C)S(=O)(=O)c1ccc(OCCNC2CC2)cc1. The summed E-state index contributed by atoms with van der Waals surface area (Å²) >= 11 is 0. The minimum Gasteiger partial charge on any atom is -0.492 e. The van der Waals surface area contributed by atoms with E-state index in [1.54, 1.807) is 12.1 Å². The van der Waals surface area contributed by atoms with E-state index in [2.05, 4.69) is 11.2 Å².